The first-order valence-electron chi connectivity index (χ1n) is 10.3. The number of nitrogens with one attached hydrogen (secondary N) is 1. The number of nitrogen functional groups attached to an aromatic ring is 2. The summed E-state index contributed by atoms with van der Waals surface area (Å²) in [4.78, 5) is 29.8. The molecule has 0 aliphatic heterocycles. The topological polar surface area (TPSA) is 154 Å². The van der Waals surface area contributed by atoms with Gasteiger partial charge in [-0.05, 0) is 61.1 Å². The maximum Gasteiger partial charge on any atom is 0.341 e. The Morgan fingerprint density at radius 1 is 1.12 bits per heavy atom. The third-order valence-corrected chi connectivity index (χ3v) is 5.35. The van der Waals surface area contributed by atoms with Gasteiger partial charge in [-0.1, -0.05) is 18.2 Å². The van der Waals surface area contributed by atoms with Crippen molar-refractivity contribution in [1.82, 2.24) is 9.97 Å². The van der Waals surface area contributed by atoms with E-state index in [1.807, 2.05) is 18.2 Å². The van der Waals surface area contributed by atoms with Crippen LogP contribution in [0.2, 0.25) is 0 Å². The second-order valence-corrected chi connectivity index (χ2v) is 7.66. The summed E-state index contributed by atoms with van der Waals surface area (Å²) >= 11 is 0. The van der Waals surface area contributed by atoms with Gasteiger partial charge in [-0.25, -0.2) is 9.78 Å². The average molecular weight is 436 g/mol. The normalized spacial score (nSPS) is 13.8. The summed E-state index contributed by atoms with van der Waals surface area (Å²) in [5.74, 6) is 0.210. The smallest absolute Gasteiger partial charge is 0.341 e. The molecule has 0 spiro atoms. The highest BCUT2D eigenvalue weighted by atomic mass is 16.5. The highest BCUT2D eigenvalue weighted by molar-refractivity contribution is 5.75. The Morgan fingerprint density at radius 2 is 1.88 bits per heavy atom. The fraction of sp³-hybridized carbons (Fsp3) is 0.261. The van der Waals surface area contributed by atoms with Crippen LogP contribution < -0.4 is 26.5 Å². The quantitative estimate of drug-likeness (QED) is 0.441. The lowest BCUT2D eigenvalue weighted by molar-refractivity contribution is -0.139. The van der Waals surface area contributed by atoms with E-state index in [9.17, 15) is 9.59 Å². The van der Waals surface area contributed by atoms with Crippen LogP contribution in [0.5, 0.6) is 11.5 Å². The van der Waals surface area contributed by atoms with Crippen molar-refractivity contribution in [2.24, 2.45) is 0 Å². The molecule has 0 radical (unpaired) electrons. The number of benzene rings is 2. The first kappa shape index (κ1) is 21.2. The summed E-state index contributed by atoms with van der Waals surface area (Å²) < 4.78 is 11.6. The van der Waals surface area contributed by atoms with E-state index in [-0.39, 0.29) is 23.4 Å². The summed E-state index contributed by atoms with van der Waals surface area (Å²) in [7, 11) is 0. The Morgan fingerprint density at radius 3 is 2.59 bits per heavy atom. The van der Waals surface area contributed by atoms with Crippen molar-refractivity contribution in [1.29, 1.82) is 0 Å². The number of ether oxygens (including phenoxy) is 2. The minimum Gasteiger partial charge on any atom is -0.490 e. The third kappa shape index (κ3) is 4.66. The molecular weight excluding hydrogens is 412 g/mol. The van der Waals surface area contributed by atoms with Crippen molar-refractivity contribution in [2.45, 2.75) is 31.8 Å². The van der Waals surface area contributed by atoms with E-state index in [1.165, 1.54) is 0 Å². The van der Waals surface area contributed by atoms with Gasteiger partial charge in [0.1, 0.15) is 23.0 Å². The van der Waals surface area contributed by atoms with E-state index in [1.54, 1.807) is 24.3 Å². The SMILES string of the molecule is Nc1nc(-c2ccc(-c3cccc(OCC(=O)O)c3)cc2OC2CCCC2)[nH]c(=O)c1N. The van der Waals surface area contributed by atoms with Gasteiger partial charge in [0.25, 0.3) is 5.56 Å². The predicted molar refractivity (Wildman–Crippen MR) is 121 cm³/mol. The van der Waals surface area contributed by atoms with Crippen LogP contribution in [0.1, 0.15) is 25.7 Å². The first-order valence-corrected chi connectivity index (χ1v) is 10.3. The second-order valence-electron chi connectivity index (χ2n) is 7.66. The lowest BCUT2D eigenvalue weighted by Crippen LogP contribution is -2.18. The van der Waals surface area contributed by atoms with Crippen LogP contribution in [0.15, 0.2) is 47.3 Å². The Labute approximate surface area is 184 Å². The molecule has 4 rings (SSSR count). The summed E-state index contributed by atoms with van der Waals surface area (Å²) in [6.45, 7) is -0.421. The van der Waals surface area contributed by atoms with Crippen LogP contribution in [0.3, 0.4) is 0 Å². The van der Waals surface area contributed by atoms with Gasteiger partial charge in [-0.2, -0.15) is 0 Å². The first-order chi connectivity index (χ1) is 15.4. The molecule has 1 aliphatic carbocycles. The van der Waals surface area contributed by atoms with Gasteiger partial charge in [0.15, 0.2) is 12.4 Å². The van der Waals surface area contributed by atoms with Gasteiger partial charge in [0.2, 0.25) is 0 Å². The zero-order valence-corrected chi connectivity index (χ0v) is 17.3. The maximum absolute atomic E-state index is 12.1. The number of H-pyrrole nitrogens is 1. The number of aromatic amines is 1. The number of nitrogens with zero attached hydrogens (tertiary/aromatic N) is 1. The van der Waals surface area contributed by atoms with Crippen LogP contribution >= 0.6 is 0 Å². The third-order valence-electron chi connectivity index (χ3n) is 5.35. The molecule has 0 atom stereocenters. The average Bonchev–Trinajstić information content (AvgIpc) is 3.29. The molecule has 1 aromatic heterocycles. The maximum atomic E-state index is 12.1. The van der Waals surface area contributed by atoms with E-state index >= 15 is 0 Å². The Balaban J connectivity index is 1.74. The highest BCUT2D eigenvalue weighted by Gasteiger charge is 2.20. The molecule has 9 heteroatoms. The van der Waals surface area contributed by atoms with Crippen molar-refractivity contribution >= 4 is 17.5 Å². The molecule has 6 N–H and O–H groups in total. The molecule has 1 fully saturated rings. The van der Waals surface area contributed by atoms with Crippen molar-refractivity contribution in [3.05, 3.63) is 52.8 Å². The van der Waals surface area contributed by atoms with Gasteiger partial charge >= 0.3 is 5.97 Å². The van der Waals surface area contributed by atoms with Gasteiger partial charge in [0.05, 0.1) is 11.7 Å². The fourth-order valence-corrected chi connectivity index (χ4v) is 3.72. The zero-order chi connectivity index (χ0) is 22.7. The molecule has 0 bridgehead atoms. The van der Waals surface area contributed by atoms with Gasteiger partial charge < -0.3 is 31.0 Å². The van der Waals surface area contributed by atoms with Crippen molar-refractivity contribution < 1.29 is 19.4 Å². The van der Waals surface area contributed by atoms with E-state index in [4.69, 9.17) is 26.0 Å². The number of anilines is 2. The van der Waals surface area contributed by atoms with Crippen molar-refractivity contribution in [3.63, 3.8) is 0 Å². The molecule has 3 aromatic rings. The molecule has 1 saturated carbocycles. The molecule has 2 aromatic carbocycles. The molecule has 32 heavy (non-hydrogen) atoms. The Kier molecular flexibility index (Phi) is 5.98. The van der Waals surface area contributed by atoms with Crippen molar-refractivity contribution in [3.8, 4) is 34.0 Å². The van der Waals surface area contributed by atoms with Crippen molar-refractivity contribution in [2.75, 3.05) is 18.1 Å². The molecule has 1 heterocycles. The van der Waals surface area contributed by atoms with Gasteiger partial charge in [0, 0.05) is 0 Å². The minimum absolute atomic E-state index is 0.0390. The summed E-state index contributed by atoms with van der Waals surface area (Å²) in [5, 5.41) is 8.84. The zero-order valence-electron chi connectivity index (χ0n) is 17.3. The molecule has 0 amide bonds. The standard InChI is InChI=1S/C23H24N4O5/c24-20-21(25)26-22(27-23(20)30)17-9-8-14(11-18(17)32-15-5-1-2-6-15)13-4-3-7-16(10-13)31-12-19(28)29/h3-4,7-11,15H,1-2,5-6,12,24H2,(H,28,29)(H3,25,26,27,30). The molecule has 166 valence electrons. The monoisotopic (exact) mass is 436 g/mol. The van der Waals surface area contributed by atoms with E-state index in [0.717, 1.165) is 36.8 Å². The fourth-order valence-electron chi connectivity index (χ4n) is 3.72. The number of aromatic nitrogens is 2. The van der Waals surface area contributed by atoms with E-state index in [0.29, 0.717) is 17.1 Å². The molecule has 1 aliphatic rings. The highest BCUT2D eigenvalue weighted by Crippen LogP contribution is 2.36. The summed E-state index contributed by atoms with van der Waals surface area (Å²) in [5.41, 5.74) is 13.1. The lowest BCUT2D eigenvalue weighted by atomic mass is 10.0. The number of aliphatic carboxylic acids is 1. The van der Waals surface area contributed by atoms with Crippen LogP contribution in [0, 0.1) is 0 Å². The Bertz CT molecular complexity index is 1200. The van der Waals surface area contributed by atoms with Gasteiger partial charge in [-0.3, -0.25) is 4.79 Å². The molecule has 9 nitrogen and oxygen atoms in total. The second kappa shape index (κ2) is 9.01. The summed E-state index contributed by atoms with van der Waals surface area (Å²) in [6.07, 6.45) is 4.19. The number of hydrogen-bond donors (Lipinski definition) is 4. The minimum atomic E-state index is -1.05. The molecule has 0 saturated heterocycles. The lowest BCUT2D eigenvalue weighted by Gasteiger charge is -2.18. The number of carboxylic acid groups (broad SMARTS) is 1. The van der Waals surface area contributed by atoms with Crippen LogP contribution in [-0.2, 0) is 4.79 Å². The van der Waals surface area contributed by atoms with E-state index in [2.05, 4.69) is 9.97 Å². The summed E-state index contributed by atoms with van der Waals surface area (Å²) in [6, 6.07) is 12.7. The number of rotatable bonds is 7. The van der Waals surface area contributed by atoms with Crippen LogP contribution in [-0.4, -0.2) is 33.8 Å². The van der Waals surface area contributed by atoms with Crippen LogP contribution in [0.25, 0.3) is 22.5 Å². The number of carbonyl (C=O) groups is 1. The largest absolute Gasteiger partial charge is 0.490 e. The number of hydrogen-bond acceptors (Lipinski definition) is 7. The predicted octanol–water partition coefficient (Wildman–Crippen LogP) is 3.05. The number of carboxylic acids is 1. The van der Waals surface area contributed by atoms with Crippen LogP contribution in [0.4, 0.5) is 11.5 Å². The molecule has 0 unspecified atom stereocenters. The Hall–Kier alpha value is -4.01. The number of nitrogens with two attached hydrogens (primary N) is 2. The molecular formula is C23H24N4O5. The van der Waals surface area contributed by atoms with Gasteiger partial charge in [-0.15, -0.1) is 0 Å². The van der Waals surface area contributed by atoms with E-state index < -0.39 is 18.1 Å².